The van der Waals surface area contributed by atoms with E-state index in [1.165, 1.54) is 0 Å². The van der Waals surface area contributed by atoms with Gasteiger partial charge in [0.05, 0.1) is 12.2 Å². The number of hydrogen-bond acceptors (Lipinski definition) is 6. The van der Waals surface area contributed by atoms with Crippen LogP contribution in [0.5, 0.6) is 11.5 Å². The number of ether oxygens (including phenoxy) is 2. The van der Waals surface area contributed by atoms with Crippen LogP contribution in [0.25, 0.3) is 22.6 Å². The molecule has 0 atom stereocenters. The minimum Gasteiger partial charge on any atom is -0.493 e. The van der Waals surface area contributed by atoms with E-state index < -0.39 is 5.97 Å². The van der Waals surface area contributed by atoms with Gasteiger partial charge >= 0.3 is 5.97 Å². The second-order valence-electron chi connectivity index (χ2n) is 7.65. The highest BCUT2D eigenvalue weighted by Crippen LogP contribution is 2.33. The molecule has 1 heterocycles. The monoisotopic (exact) mass is 463 g/mol. The summed E-state index contributed by atoms with van der Waals surface area (Å²) >= 11 is 1.73. The van der Waals surface area contributed by atoms with Crippen LogP contribution in [0.4, 0.5) is 0 Å². The highest BCUT2D eigenvalue weighted by molar-refractivity contribution is 7.99. The Kier molecular flexibility index (Phi) is 7.19. The molecule has 4 aromatic rings. The number of benzene rings is 3. The van der Waals surface area contributed by atoms with E-state index in [4.69, 9.17) is 19.0 Å². The number of carboxylic acids is 1. The van der Waals surface area contributed by atoms with Crippen molar-refractivity contribution in [3.63, 3.8) is 0 Å². The molecular formula is C26H25NO5S. The summed E-state index contributed by atoms with van der Waals surface area (Å²) in [7, 11) is 0. The molecular weight excluding hydrogens is 438 g/mol. The van der Waals surface area contributed by atoms with Crippen molar-refractivity contribution in [1.82, 2.24) is 4.98 Å². The van der Waals surface area contributed by atoms with Crippen molar-refractivity contribution in [2.75, 3.05) is 19.0 Å². The van der Waals surface area contributed by atoms with Gasteiger partial charge < -0.3 is 19.0 Å². The Labute approximate surface area is 196 Å². The van der Waals surface area contributed by atoms with E-state index in [2.05, 4.69) is 4.98 Å². The summed E-state index contributed by atoms with van der Waals surface area (Å²) in [6.45, 7) is 4.18. The minimum atomic E-state index is -0.985. The van der Waals surface area contributed by atoms with Gasteiger partial charge in [-0.05, 0) is 68.3 Å². The zero-order valence-corrected chi connectivity index (χ0v) is 19.4. The standard InChI is InChI=1S/C26H25NO5S/c1-17-8-10-23(20(14-17)26-27-21-6-3-4-7-24(21)32-26)30-12-5-13-33-19-9-11-22(18(2)15-19)31-16-25(28)29/h3-4,6-11,14-15H,5,12-13,16H2,1-2H3,(H,28,29). The van der Waals surface area contributed by atoms with Gasteiger partial charge in [0.15, 0.2) is 12.2 Å². The van der Waals surface area contributed by atoms with Crippen LogP contribution >= 0.6 is 11.8 Å². The molecule has 0 aliphatic heterocycles. The average Bonchev–Trinajstić information content (AvgIpc) is 3.23. The lowest BCUT2D eigenvalue weighted by atomic mass is 10.1. The van der Waals surface area contributed by atoms with Crippen LogP contribution in [0, 0.1) is 13.8 Å². The molecule has 170 valence electrons. The predicted molar refractivity (Wildman–Crippen MR) is 129 cm³/mol. The van der Waals surface area contributed by atoms with Crippen LogP contribution in [0.1, 0.15) is 17.5 Å². The van der Waals surface area contributed by atoms with Gasteiger partial charge in [-0.2, -0.15) is 0 Å². The fraction of sp³-hybridized carbons (Fsp3) is 0.231. The van der Waals surface area contributed by atoms with Crippen molar-refractivity contribution in [2.45, 2.75) is 25.2 Å². The largest absolute Gasteiger partial charge is 0.493 e. The van der Waals surface area contributed by atoms with E-state index in [0.717, 1.165) is 50.6 Å². The molecule has 0 bridgehead atoms. The Morgan fingerprint density at radius 2 is 1.85 bits per heavy atom. The molecule has 6 nitrogen and oxygen atoms in total. The van der Waals surface area contributed by atoms with E-state index in [9.17, 15) is 4.79 Å². The number of carbonyl (C=O) groups is 1. The number of aliphatic carboxylic acids is 1. The third-order valence-electron chi connectivity index (χ3n) is 4.97. The lowest BCUT2D eigenvalue weighted by molar-refractivity contribution is -0.139. The smallest absolute Gasteiger partial charge is 0.341 e. The molecule has 0 aliphatic rings. The first kappa shape index (κ1) is 22.7. The van der Waals surface area contributed by atoms with E-state index in [1.54, 1.807) is 11.8 Å². The van der Waals surface area contributed by atoms with Gasteiger partial charge in [-0.1, -0.05) is 23.8 Å². The third-order valence-corrected chi connectivity index (χ3v) is 6.05. The number of fused-ring (bicyclic) bond motifs is 1. The van der Waals surface area contributed by atoms with Crippen molar-refractivity contribution in [3.8, 4) is 23.0 Å². The van der Waals surface area contributed by atoms with Crippen LogP contribution in [0.2, 0.25) is 0 Å². The van der Waals surface area contributed by atoms with E-state index in [1.807, 2.05) is 74.5 Å². The second kappa shape index (κ2) is 10.4. The normalized spacial score (nSPS) is 11.0. The van der Waals surface area contributed by atoms with Crippen LogP contribution < -0.4 is 9.47 Å². The Morgan fingerprint density at radius 1 is 1.03 bits per heavy atom. The molecule has 0 spiro atoms. The summed E-state index contributed by atoms with van der Waals surface area (Å²) in [6, 6.07) is 19.5. The number of aryl methyl sites for hydroxylation is 2. The topological polar surface area (TPSA) is 81.8 Å². The number of rotatable bonds is 10. The molecule has 3 aromatic carbocycles. The number of para-hydroxylation sites is 2. The van der Waals surface area contributed by atoms with Gasteiger partial charge in [0.1, 0.15) is 17.0 Å². The number of oxazole rings is 1. The number of nitrogens with zero attached hydrogens (tertiary/aromatic N) is 1. The van der Waals surface area contributed by atoms with Gasteiger partial charge in [-0.15, -0.1) is 11.8 Å². The molecule has 0 saturated heterocycles. The molecule has 1 N–H and O–H groups in total. The Morgan fingerprint density at radius 3 is 2.64 bits per heavy atom. The maximum Gasteiger partial charge on any atom is 0.341 e. The number of thioether (sulfide) groups is 1. The number of hydrogen-bond donors (Lipinski definition) is 1. The van der Waals surface area contributed by atoms with Gasteiger partial charge in [0.2, 0.25) is 5.89 Å². The molecule has 1 aromatic heterocycles. The quantitative estimate of drug-likeness (QED) is 0.224. The predicted octanol–water partition coefficient (Wildman–Crippen LogP) is 6.14. The number of aromatic nitrogens is 1. The van der Waals surface area contributed by atoms with E-state index in [0.29, 0.717) is 18.2 Å². The molecule has 0 fully saturated rings. The fourth-order valence-corrected chi connectivity index (χ4v) is 4.29. The third kappa shape index (κ3) is 5.87. The SMILES string of the molecule is Cc1ccc(OCCCSc2ccc(OCC(=O)O)c(C)c2)c(-c2nc3ccccc3o2)c1. The average molecular weight is 464 g/mol. The first-order valence-corrected chi connectivity index (χ1v) is 11.7. The lowest BCUT2D eigenvalue weighted by Gasteiger charge is -2.11. The zero-order chi connectivity index (χ0) is 23.2. The summed E-state index contributed by atoms with van der Waals surface area (Å²) < 4.78 is 17.3. The van der Waals surface area contributed by atoms with Crippen molar-refractivity contribution in [1.29, 1.82) is 0 Å². The van der Waals surface area contributed by atoms with Gasteiger partial charge in [0.25, 0.3) is 0 Å². The highest BCUT2D eigenvalue weighted by Gasteiger charge is 2.14. The van der Waals surface area contributed by atoms with Gasteiger partial charge in [0, 0.05) is 10.6 Å². The van der Waals surface area contributed by atoms with E-state index in [-0.39, 0.29) is 6.61 Å². The fourth-order valence-electron chi connectivity index (χ4n) is 3.37. The maximum atomic E-state index is 10.7. The summed E-state index contributed by atoms with van der Waals surface area (Å²) in [5.74, 6) is 1.81. The van der Waals surface area contributed by atoms with Crippen molar-refractivity contribution < 1.29 is 23.8 Å². The summed E-state index contributed by atoms with van der Waals surface area (Å²) in [6.07, 6.45) is 0.863. The molecule has 0 aliphatic carbocycles. The summed E-state index contributed by atoms with van der Waals surface area (Å²) in [4.78, 5) is 16.4. The molecule has 0 radical (unpaired) electrons. The highest BCUT2D eigenvalue weighted by atomic mass is 32.2. The molecule has 4 rings (SSSR count). The summed E-state index contributed by atoms with van der Waals surface area (Å²) in [5.41, 5.74) is 4.46. The minimum absolute atomic E-state index is 0.338. The zero-order valence-electron chi connectivity index (χ0n) is 18.5. The van der Waals surface area contributed by atoms with Gasteiger partial charge in [-0.25, -0.2) is 9.78 Å². The van der Waals surface area contributed by atoms with Gasteiger partial charge in [-0.3, -0.25) is 0 Å². The first-order chi connectivity index (χ1) is 16.0. The van der Waals surface area contributed by atoms with E-state index >= 15 is 0 Å². The Hall–Kier alpha value is -3.45. The van der Waals surface area contributed by atoms with Crippen molar-refractivity contribution in [2.24, 2.45) is 0 Å². The van der Waals surface area contributed by atoms with Crippen LogP contribution in [0.15, 0.2) is 70.0 Å². The van der Waals surface area contributed by atoms with Crippen LogP contribution in [-0.2, 0) is 4.79 Å². The molecule has 0 saturated carbocycles. The number of carboxylic acid groups (broad SMARTS) is 1. The molecule has 0 amide bonds. The molecule has 33 heavy (non-hydrogen) atoms. The second-order valence-corrected chi connectivity index (χ2v) is 8.81. The first-order valence-electron chi connectivity index (χ1n) is 10.7. The molecule has 7 heteroatoms. The molecule has 0 unspecified atom stereocenters. The summed E-state index contributed by atoms with van der Waals surface area (Å²) in [5, 5.41) is 8.75. The van der Waals surface area contributed by atoms with Crippen molar-refractivity contribution in [3.05, 3.63) is 71.8 Å². The Balaban J connectivity index is 1.33. The maximum absolute atomic E-state index is 10.7. The van der Waals surface area contributed by atoms with Crippen LogP contribution in [0.3, 0.4) is 0 Å². The van der Waals surface area contributed by atoms with Crippen LogP contribution in [-0.4, -0.2) is 35.0 Å². The lowest BCUT2D eigenvalue weighted by Crippen LogP contribution is -2.10. The Bertz CT molecular complexity index is 1230. The van der Waals surface area contributed by atoms with Crippen molar-refractivity contribution >= 4 is 28.8 Å².